The highest BCUT2D eigenvalue weighted by Gasteiger charge is 2.17. The lowest BCUT2D eigenvalue weighted by Gasteiger charge is -2.18. The van der Waals surface area contributed by atoms with Crippen LogP contribution in [0.1, 0.15) is 35.3 Å². The molecule has 1 aromatic heterocycles. The van der Waals surface area contributed by atoms with E-state index in [1.54, 1.807) is 31.2 Å². The van der Waals surface area contributed by atoms with E-state index in [0.717, 1.165) is 21.8 Å². The van der Waals surface area contributed by atoms with Gasteiger partial charge in [0.1, 0.15) is 11.5 Å². The molecule has 0 aliphatic carbocycles. The summed E-state index contributed by atoms with van der Waals surface area (Å²) >= 11 is 0. The number of para-hydroxylation sites is 1. The number of carbonyl (C=O) groups is 1. The standard InChI is InChI=1S/C26H28N2O5S/c1-6-19-14-20(16-28(26(19)30)24(29)7-2)22-15-21(27-34(31,32)8-3)12-13-23(22)33-25-17(4)10-9-11-18(25)5/h7,9-16,27H,2,6,8H2,1,3-5H3. The molecule has 0 saturated carbocycles. The predicted octanol–water partition coefficient (Wildman–Crippen LogP) is 5.07. The number of allylic oxidation sites excluding steroid dienone is 1. The molecule has 0 saturated heterocycles. The van der Waals surface area contributed by atoms with E-state index in [1.807, 2.05) is 39.0 Å². The van der Waals surface area contributed by atoms with Crippen molar-refractivity contribution in [1.29, 1.82) is 0 Å². The van der Waals surface area contributed by atoms with Gasteiger partial charge in [-0.15, -0.1) is 0 Å². The number of hydrogen-bond donors (Lipinski definition) is 1. The molecule has 0 spiro atoms. The van der Waals surface area contributed by atoms with Gasteiger partial charge in [0, 0.05) is 28.6 Å². The Hall–Kier alpha value is -3.65. The maximum absolute atomic E-state index is 12.7. The largest absolute Gasteiger partial charge is 0.456 e. The molecule has 0 aliphatic rings. The fraction of sp³-hybridized carbons (Fsp3) is 0.231. The lowest BCUT2D eigenvalue weighted by atomic mass is 10.0. The summed E-state index contributed by atoms with van der Waals surface area (Å²) in [7, 11) is -3.52. The summed E-state index contributed by atoms with van der Waals surface area (Å²) in [6.45, 7) is 10.7. The molecule has 0 radical (unpaired) electrons. The van der Waals surface area contributed by atoms with Gasteiger partial charge in [0.25, 0.3) is 11.5 Å². The molecule has 0 atom stereocenters. The summed E-state index contributed by atoms with van der Waals surface area (Å²) in [5.41, 5.74) is 3.29. The van der Waals surface area contributed by atoms with Crippen molar-refractivity contribution in [2.45, 2.75) is 34.1 Å². The summed E-state index contributed by atoms with van der Waals surface area (Å²) in [5.74, 6) is 0.496. The normalized spacial score (nSPS) is 11.2. The molecule has 7 nitrogen and oxygen atoms in total. The zero-order valence-electron chi connectivity index (χ0n) is 19.7. The van der Waals surface area contributed by atoms with Crippen LogP contribution in [0.5, 0.6) is 11.5 Å². The van der Waals surface area contributed by atoms with Crippen LogP contribution < -0.4 is 15.0 Å². The Morgan fingerprint density at radius 3 is 2.38 bits per heavy atom. The second-order valence-corrected chi connectivity index (χ2v) is 9.88. The van der Waals surface area contributed by atoms with Gasteiger partial charge >= 0.3 is 0 Å². The molecule has 0 amide bonds. The number of anilines is 1. The molecule has 0 unspecified atom stereocenters. The monoisotopic (exact) mass is 480 g/mol. The summed E-state index contributed by atoms with van der Waals surface area (Å²) < 4.78 is 34.2. The number of rotatable bonds is 8. The van der Waals surface area contributed by atoms with Gasteiger partial charge in [0.05, 0.1) is 5.75 Å². The van der Waals surface area contributed by atoms with Gasteiger partial charge in [-0.3, -0.25) is 14.3 Å². The van der Waals surface area contributed by atoms with Crippen LogP contribution in [-0.2, 0) is 16.4 Å². The first-order valence-corrected chi connectivity index (χ1v) is 12.6. The first-order chi connectivity index (χ1) is 16.1. The van der Waals surface area contributed by atoms with Crippen molar-refractivity contribution < 1.29 is 17.9 Å². The minimum absolute atomic E-state index is 0.0817. The van der Waals surface area contributed by atoms with E-state index < -0.39 is 21.5 Å². The molecule has 178 valence electrons. The minimum atomic E-state index is -3.52. The lowest BCUT2D eigenvalue weighted by molar-refractivity contribution is 0.0965. The van der Waals surface area contributed by atoms with Crippen molar-refractivity contribution >= 4 is 21.6 Å². The van der Waals surface area contributed by atoms with Crippen molar-refractivity contribution in [3.05, 3.63) is 88.4 Å². The first-order valence-electron chi connectivity index (χ1n) is 10.9. The van der Waals surface area contributed by atoms with Crippen LogP contribution in [0, 0.1) is 13.8 Å². The summed E-state index contributed by atoms with van der Waals surface area (Å²) in [4.78, 5) is 25.1. The number of ether oxygens (including phenoxy) is 1. The van der Waals surface area contributed by atoms with Gasteiger partial charge in [0.2, 0.25) is 10.0 Å². The van der Waals surface area contributed by atoms with Crippen LogP contribution in [0.25, 0.3) is 11.1 Å². The van der Waals surface area contributed by atoms with E-state index in [4.69, 9.17) is 4.74 Å². The van der Waals surface area contributed by atoms with Gasteiger partial charge in [-0.2, -0.15) is 0 Å². The number of benzene rings is 2. The Morgan fingerprint density at radius 2 is 1.79 bits per heavy atom. The highest BCUT2D eigenvalue weighted by molar-refractivity contribution is 7.92. The summed E-state index contributed by atoms with van der Waals surface area (Å²) in [5, 5.41) is 0. The number of hydrogen-bond acceptors (Lipinski definition) is 5. The van der Waals surface area contributed by atoms with Crippen LogP contribution in [0.4, 0.5) is 5.69 Å². The number of pyridine rings is 1. The number of aromatic nitrogens is 1. The SMILES string of the molecule is C=CC(=O)n1cc(-c2cc(NS(=O)(=O)CC)ccc2Oc2c(C)cccc2C)cc(CC)c1=O. The molecule has 8 heteroatoms. The maximum atomic E-state index is 12.7. The third-order valence-corrected chi connectivity index (χ3v) is 6.76. The first kappa shape index (κ1) is 25.0. The Kier molecular flexibility index (Phi) is 7.41. The van der Waals surface area contributed by atoms with Crippen molar-refractivity contribution in [1.82, 2.24) is 4.57 Å². The van der Waals surface area contributed by atoms with Gasteiger partial charge in [-0.1, -0.05) is 31.7 Å². The van der Waals surface area contributed by atoms with E-state index >= 15 is 0 Å². The smallest absolute Gasteiger partial charge is 0.260 e. The number of nitrogens with one attached hydrogen (secondary N) is 1. The van der Waals surface area contributed by atoms with E-state index in [0.29, 0.717) is 40.3 Å². The van der Waals surface area contributed by atoms with Crippen LogP contribution >= 0.6 is 0 Å². The number of carbonyl (C=O) groups excluding carboxylic acids is 1. The quantitative estimate of drug-likeness (QED) is 0.454. The molecule has 0 aliphatic heterocycles. The molecule has 1 heterocycles. The van der Waals surface area contributed by atoms with E-state index in [-0.39, 0.29) is 5.75 Å². The Morgan fingerprint density at radius 1 is 1.12 bits per heavy atom. The fourth-order valence-electron chi connectivity index (χ4n) is 3.53. The predicted molar refractivity (Wildman–Crippen MR) is 135 cm³/mol. The van der Waals surface area contributed by atoms with Crippen molar-refractivity contribution in [2.24, 2.45) is 0 Å². The maximum Gasteiger partial charge on any atom is 0.260 e. The third-order valence-electron chi connectivity index (χ3n) is 5.45. The van der Waals surface area contributed by atoms with Gasteiger partial charge in [-0.05, 0) is 68.7 Å². The molecule has 2 aromatic carbocycles. The van der Waals surface area contributed by atoms with E-state index in [2.05, 4.69) is 11.3 Å². The van der Waals surface area contributed by atoms with Crippen LogP contribution in [-0.4, -0.2) is 24.6 Å². The summed E-state index contributed by atoms with van der Waals surface area (Å²) in [6, 6.07) is 12.4. The average Bonchev–Trinajstić information content (AvgIpc) is 2.81. The third kappa shape index (κ3) is 5.28. The molecule has 3 rings (SSSR count). The zero-order valence-corrected chi connectivity index (χ0v) is 20.5. The molecular formula is C26H28N2O5S. The molecule has 3 aromatic rings. The van der Waals surface area contributed by atoms with Crippen LogP contribution in [0.2, 0.25) is 0 Å². The van der Waals surface area contributed by atoms with Crippen LogP contribution in [0.3, 0.4) is 0 Å². The molecule has 0 fully saturated rings. The Balaban J connectivity index is 2.27. The van der Waals surface area contributed by atoms with Crippen molar-refractivity contribution in [3.63, 3.8) is 0 Å². The fourth-order valence-corrected chi connectivity index (χ4v) is 4.16. The Labute approximate surface area is 199 Å². The van der Waals surface area contributed by atoms with Crippen molar-refractivity contribution in [2.75, 3.05) is 10.5 Å². The molecule has 1 N–H and O–H groups in total. The van der Waals surface area contributed by atoms with Gasteiger partial charge < -0.3 is 4.74 Å². The molecule has 34 heavy (non-hydrogen) atoms. The highest BCUT2D eigenvalue weighted by atomic mass is 32.2. The van der Waals surface area contributed by atoms with Crippen LogP contribution in [0.15, 0.2) is 66.1 Å². The number of sulfonamides is 1. The molecular weight excluding hydrogens is 452 g/mol. The highest BCUT2D eigenvalue weighted by Crippen LogP contribution is 2.38. The van der Waals surface area contributed by atoms with Crippen molar-refractivity contribution in [3.8, 4) is 22.6 Å². The summed E-state index contributed by atoms with van der Waals surface area (Å²) in [6.07, 6.45) is 2.91. The molecule has 0 bridgehead atoms. The van der Waals surface area contributed by atoms with E-state index in [9.17, 15) is 18.0 Å². The zero-order chi connectivity index (χ0) is 25.0. The lowest BCUT2D eigenvalue weighted by Crippen LogP contribution is -2.27. The second-order valence-electron chi connectivity index (χ2n) is 7.86. The number of nitrogens with zero attached hydrogens (tertiary/aromatic N) is 1. The average molecular weight is 481 g/mol. The minimum Gasteiger partial charge on any atom is -0.456 e. The second kappa shape index (κ2) is 10.1. The Bertz CT molecular complexity index is 1400. The topological polar surface area (TPSA) is 94.5 Å². The van der Waals surface area contributed by atoms with Gasteiger partial charge in [-0.25, -0.2) is 13.0 Å². The number of aryl methyl sites for hydroxylation is 3. The van der Waals surface area contributed by atoms with E-state index in [1.165, 1.54) is 6.20 Å². The van der Waals surface area contributed by atoms with Gasteiger partial charge in [0.15, 0.2) is 0 Å².